The van der Waals surface area contributed by atoms with Crippen molar-refractivity contribution in [1.29, 1.82) is 0 Å². The van der Waals surface area contributed by atoms with Crippen molar-refractivity contribution in [2.45, 2.75) is 31.7 Å². The highest BCUT2D eigenvalue weighted by molar-refractivity contribution is 9.10. The van der Waals surface area contributed by atoms with E-state index in [0.29, 0.717) is 19.1 Å². The number of carbonyl (C=O) groups is 1. The minimum absolute atomic E-state index is 0. The molecule has 21 heavy (non-hydrogen) atoms. The lowest BCUT2D eigenvalue weighted by molar-refractivity contribution is -0.122. The molecular formula is C15H22BrClN2O2. The molecule has 0 spiro atoms. The van der Waals surface area contributed by atoms with Crippen LogP contribution in [0, 0.1) is 0 Å². The van der Waals surface area contributed by atoms with Crippen LogP contribution in [0.5, 0.6) is 5.75 Å². The quantitative estimate of drug-likeness (QED) is 0.750. The average Bonchev–Trinajstić information content (AvgIpc) is 2.46. The fourth-order valence-electron chi connectivity index (χ4n) is 2.25. The second kappa shape index (κ2) is 10.0. The van der Waals surface area contributed by atoms with Gasteiger partial charge in [0.25, 0.3) is 0 Å². The highest BCUT2D eigenvalue weighted by atomic mass is 79.9. The first-order chi connectivity index (χ1) is 9.75. The Bertz CT molecular complexity index is 439. The van der Waals surface area contributed by atoms with E-state index in [0.717, 1.165) is 42.6 Å². The zero-order valence-corrected chi connectivity index (χ0v) is 14.3. The lowest BCUT2D eigenvalue weighted by Gasteiger charge is -2.23. The number of piperidine rings is 1. The van der Waals surface area contributed by atoms with Crippen LogP contribution in [0.15, 0.2) is 28.7 Å². The second-order valence-electron chi connectivity index (χ2n) is 4.99. The maximum Gasteiger partial charge on any atom is 0.220 e. The van der Waals surface area contributed by atoms with Crippen molar-refractivity contribution in [2.75, 3.05) is 19.7 Å². The highest BCUT2D eigenvalue weighted by Gasteiger charge is 2.14. The topological polar surface area (TPSA) is 50.4 Å². The van der Waals surface area contributed by atoms with Gasteiger partial charge in [-0.25, -0.2) is 0 Å². The number of nitrogens with one attached hydrogen (secondary N) is 2. The van der Waals surface area contributed by atoms with E-state index in [9.17, 15) is 4.79 Å². The summed E-state index contributed by atoms with van der Waals surface area (Å²) in [5, 5.41) is 6.35. The SMILES string of the molecule is Cl.O=C(CCCOc1ccccc1Br)NC1CCCNC1. The Labute approximate surface area is 140 Å². The van der Waals surface area contributed by atoms with Gasteiger partial charge in [0, 0.05) is 19.0 Å². The maximum atomic E-state index is 11.8. The molecule has 2 rings (SSSR count). The largest absolute Gasteiger partial charge is 0.492 e. The van der Waals surface area contributed by atoms with Crippen LogP contribution in [-0.2, 0) is 4.79 Å². The number of hydrogen-bond acceptors (Lipinski definition) is 3. The van der Waals surface area contributed by atoms with Crippen LogP contribution in [0.3, 0.4) is 0 Å². The summed E-state index contributed by atoms with van der Waals surface area (Å²) < 4.78 is 6.58. The van der Waals surface area contributed by atoms with Crippen molar-refractivity contribution in [2.24, 2.45) is 0 Å². The summed E-state index contributed by atoms with van der Waals surface area (Å²) in [6, 6.07) is 8.03. The van der Waals surface area contributed by atoms with Crippen LogP contribution < -0.4 is 15.4 Å². The molecule has 6 heteroatoms. The molecule has 0 radical (unpaired) electrons. The minimum Gasteiger partial charge on any atom is -0.492 e. The summed E-state index contributed by atoms with van der Waals surface area (Å²) in [5.74, 6) is 0.943. The Morgan fingerprint density at radius 1 is 1.43 bits per heavy atom. The number of para-hydroxylation sites is 1. The van der Waals surface area contributed by atoms with Gasteiger partial charge in [0.15, 0.2) is 0 Å². The van der Waals surface area contributed by atoms with Gasteiger partial charge in [0.2, 0.25) is 5.91 Å². The van der Waals surface area contributed by atoms with Crippen molar-refractivity contribution >= 4 is 34.2 Å². The molecule has 1 aliphatic heterocycles. The first-order valence-corrected chi connectivity index (χ1v) is 7.92. The van der Waals surface area contributed by atoms with Crippen molar-refractivity contribution in [3.63, 3.8) is 0 Å². The first-order valence-electron chi connectivity index (χ1n) is 7.13. The van der Waals surface area contributed by atoms with Crippen LogP contribution in [0.4, 0.5) is 0 Å². The van der Waals surface area contributed by atoms with Crippen LogP contribution in [0.2, 0.25) is 0 Å². The molecule has 0 aliphatic carbocycles. The number of hydrogen-bond donors (Lipinski definition) is 2. The van der Waals surface area contributed by atoms with Gasteiger partial charge in [-0.1, -0.05) is 12.1 Å². The van der Waals surface area contributed by atoms with Gasteiger partial charge in [-0.3, -0.25) is 4.79 Å². The predicted octanol–water partition coefficient (Wildman–Crippen LogP) is 2.90. The molecule has 1 aromatic carbocycles. The lowest BCUT2D eigenvalue weighted by Crippen LogP contribution is -2.45. The average molecular weight is 378 g/mol. The molecule has 1 unspecified atom stereocenters. The van der Waals surface area contributed by atoms with Gasteiger partial charge in [-0.05, 0) is 53.9 Å². The molecule has 4 nitrogen and oxygen atoms in total. The molecular weight excluding hydrogens is 356 g/mol. The van der Waals surface area contributed by atoms with E-state index in [1.807, 2.05) is 24.3 Å². The molecule has 1 atom stereocenters. The van der Waals surface area contributed by atoms with Crippen LogP contribution in [-0.4, -0.2) is 31.6 Å². The molecule has 118 valence electrons. The second-order valence-corrected chi connectivity index (χ2v) is 5.85. The van der Waals surface area contributed by atoms with E-state index < -0.39 is 0 Å². The Morgan fingerprint density at radius 3 is 2.95 bits per heavy atom. The maximum absolute atomic E-state index is 11.8. The normalized spacial score (nSPS) is 17.7. The third-order valence-electron chi connectivity index (χ3n) is 3.30. The third kappa shape index (κ3) is 6.68. The minimum atomic E-state index is 0. The van der Waals surface area contributed by atoms with Gasteiger partial charge in [0.1, 0.15) is 5.75 Å². The van der Waals surface area contributed by atoms with Crippen LogP contribution >= 0.6 is 28.3 Å². The highest BCUT2D eigenvalue weighted by Crippen LogP contribution is 2.23. The van der Waals surface area contributed by atoms with Gasteiger partial charge in [-0.2, -0.15) is 0 Å². The predicted molar refractivity (Wildman–Crippen MR) is 90.2 cm³/mol. The fourth-order valence-corrected chi connectivity index (χ4v) is 2.65. The van der Waals surface area contributed by atoms with E-state index in [-0.39, 0.29) is 18.3 Å². The van der Waals surface area contributed by atoms with E-state index in [4.69, 9.17) is 4.74 Å². The number of ether oxygens (including phenoxy) is 1. The van der Waals surface area contributed by atoms with Crippen molar-refractivity contribution in [3.8, 4) is 5.75 Å². The van der Waals surface area contributed by atoms with Crippen LogP contribution in [0.1, 0.15) is 25.7 Å². The Hall–Kier alpha value is -0.780. The molecule has 1 aliphatic rings. The summed E-state index contributed by atoms with van der Waals surface area (Å²) in [7, 11) is 0. The zero-order chi connectivity index (χ0) is 14.2. The Balaban J connectivity index is 0.00000220. The van der Waals surface area contributed by atoms with Crippen molar-refractivity contribution in [1.82, 2.24) is 10.6 Å². The molecule has 2 N–H and O–H groups in total. The number of rotatable bonds is 6. The number of carbonyl (C=O) groups excluding carboxylic acids is 1. The van der Waals surface area contributed by atoms with Gasteiger partial charge < -0.3 is 15.4 Å². The molecule has 1 saturated heterocycles. The molecule has 1 aromatic rings. The van der Waals surface area contributed by atoms with Gasteiger partial charge >= 0.3 is 0 Å². The van der Waals surface area contributed by atoms with Crippen LogP contribution in [0.25, 0.3) is 0 Å². The summed E-state index contributed by atoms with van der Waals surface area (Å²) in [4.78, 5) is 11.8. The Morgan fingerprint density at radius 2 is 2.24 bits per heavy atom. The van der Waals surface area contributed by atoms with E-state index in [2.05, 4.69) is 26.6 Å². The summed E-state index contributed by atoms with van der Waals surface area (Å²) >= 11 is 3.43. The number of benzene rings is 1. The molecule has 0 aromatic heterocycles. The monoisotopic (exact) mass is 376 g/mol. The fraction of sp³-hybridized carbons (Fsp3) is 0.533. The van der Waals surface area contributed by atoms with E-state index in [1.165, 1.54) is 0 Å². The zero-order valence-electron chi connectivity index (χ0n) is 11.9. The van der Waals surface area contributed by atoms with Crippen molar-refractivity contribution in [3.05, 3.63) is 28.7 Å². The standard InChI is InChI=1S/C15H21BrN2O2.ClH/c16-13-6-1-2-7-14(13)20-10-4-8-15(19)18-12-5-3-9-17-11-12;/h1-2,6-7,12,17H,3-5,8-11H2,(H,18,19);1H. The Kier molecular flexibility index (Phi) is 8.73. The molecule has 1 amide bonds. The summed E-state index contributed by atoms with van der Waals surface area (Å²) in [6.07, 6.45) is 3.45. The molecule has 0 saturated carbocycles. The third-order valence-corrected chi connectivity index (χ3v) is 3.96. The van der Waals surface area contributed by atoms with Crippen molar-refractivity contribution < 1.29 is 9.53 Å². The summed E-state index contributed by atoms with van der Waals surface area (Å²) in [6.45, 7) is 2.50. The smallest absolute Gasteiger partial charge is 0.220 e. The van der Waals surface area contributed by atoms with E-state index in [1.54, 1.807) is 0 Å². The number of halogens is 2. The molecule has 1 fully saturated rings. The van der Waals surface area contributed by atoms with Gasteiger partial charge in [0.05, 0.1) is 11.1 Å². The molecule has 1 heterocycles. The molecule has 0 bridgehead atoms. The van der Waals surface area contributed by atoms with Gasteiger partial charge in [-0.15, -0.1) is 12.4 Å². The first kappa shape index (κ1) is 18.3. The van der Waals surface area contributed by atoms with E-state index >= 15 is 0 Å². The number of amides is 1. The lowest BCUT2D eigenvalue weighted by atomic mass is 10.1. The summed E-state index contributed by atoms with van der Waals surface area (Å²) in [5.41, 5.74) is 0.